The van der Waals surface area contributed by atoms with Crippen molar-refractivity contribution in [1.29, 1.82) is 0 Å². The molecule has 0 aromatic carbocycles. The summed E-state index contributed by atoms with van der Waals surface area (Å²) >= 11 is 0. The van der Waals surface area contributed by atoms with Crippen LogP contribution in [0.1, 0.15) is 19.3 Å². The van der Waals surface area contributed by atoms with Gasteiger partial charge in [-0.1, -0.05) is 0 Å². The number of carbonyl (C=O) groups is 4. The van der Waals surface area contributed by atoms with E-state index in [1.165, 1.54) is 0 Å². The average Bonchev–Trinajstić information content (AvgIpc) is 2.97. The van der Waals surface area contributed by atoms with Gasteiger partial charge in [0.1, 0.15) is 0 Å². The van der Waals surface area contributed by atoms with Gasteiger partial charge < -0.3 is 29.1 Å². The predicted molar refractivity (Wildman–Crippen MR) is 89.1 cm³/mol. The minimum atomic E-state index is -0.697. The van der Waals surface area contributed by atoms with Crippen LogP contribution < -0.4 is 5.32 Å². The van der Waals surface area contributed by atoms with E-state index in [1.807, 2.05) is 0 Å². The van der Waals surface area contributed by atoms with E-state index in [1.54, 1.807) is 0 Å². The van der Waals surface area contributed by atoms with Crippen LogP contribution in [0.15, 0.2) is 0 Å². The Labute approximate surface area is 157 Å². The monoisotopic (exact) mass is 390 g/mol. The molecule has 1 N–H and O–H groups in total. The highest BCUT2D eigenvalue weighted by atomic mass is 16.7. The molecule has 1 saturated heterocycles. The van der Waals surface area contributed by atoms with Crippen molar-refractivity contribution >= 4 is 24.2 Å². The van der Waals surface area contributed by atoms with Crippen molar-refractivity contribution in [3.8, 4) is 0 Å². The van der Waals surface area contributed by atoms with Crippen LogP contribution in [0.5, 0.6) is 0 Å². The molecule has 1 aliphatic heterocycles. The molecule has 0 unspecified atom stereocenters. The van der Waals surface area contributed by atoms with Gasteiger partial charge in [0.2, 0.25) is 6.41 Å². The summed E-state index contributed by atoms with van der Waals surface area (Å²) in [5, 5.41) is 2.99. The van der Waals surface area contributed by atoms with Crippen LogP contribution in [0, 0.1) is 0 Å². The second kappa shape index (κ2) is 15.0. The molecule has 3 amide bonds. The van der Waals surface area contributed by atoms with E-state index < -0.39 is 17.8 Å². The smallest absolute Gasteiger partial charge is 0.335 e. The van der Waals surface area contributed by atoms with Crippen molar-refractivity contribution in [2.75, 3.05) is 59.4 Å². The summed E-state index contributed by atoms with van der Waals surface area (Å²) in [6, 6.07) is 0. The van der Waals surface area contributed by atoms with Crippen molar-refractivity contribution < 1.29 is 43.0 Å². The number of carbonyl (C=O) groups excluding carboxylic acids is 4. The third kappa shape index (κ3) is 11.3. The fourth-order valence-corrected chi connectivity index (χ4v) is 1.91. The number of hydrogen-bond acceptors (Lipinski definition) is 9. The first kappa shape index (κ1) is 23.0. The highest BCUT2D eigenvalue weighted by molar-refractivity contribution is 6.01. The first-order valence-corrected chi connectivity index (χ1v) is 8.69. The number of ether oxygens (including phenoxy) is 4. The number of rotatable bonds is 17. The lowest BCUT2D eigenvalue weighted by Gasteiger charge is -2.12. The SMILES string of the molecule is O=CNCCOCCOCCOCCOCCC(=O)ON1C(=O)CCC1=O. The molecule has 0 aliphatic carbocycles. The van der Waals surface area contributed by atoms with Crippen LogP contribution in [0.3, 0.4) is 0 Å². The largest absolute Gasteiger partial charge is 0.378 e. The zero-order valence-electron chi connectivity index (χ0n) is 15.2. The second-order valence-electron chi connectivity index (χ2n) is 5.32. The van der Waals surface area contributed by atoms with E-state index in [2.05, 4.69) is 5.32 Å². The maximum Gasteiger partial charge on any atom is 0.335 e. The van der Waals surface area contributed by atoms with Crippen LogP contribution in [0.2, 0.25) is 0 Å². The van der Waals surface area contributed by atoms with Gasteiger partial charge in [-0.3, -0.25) is 14.4 Å². The number of imide groups is 1. The summed E-state index contributed by atoms with van der Waals surface area (Å²) in [6.07, 6.45) is 0.680. The van der Waals surface area contributed by atoms with Crippen molar-refractivity contribution in [3.63, 3.8) is 0 Å². The van der Waals surface area contributed by atoms with Gasteiger partial charge in [-0.05, 0) is 0 Å². The van der Waals surface area contributed by atoms with Crippen molar-refractivity contribution in [2.45, 2.75) is 19.3 Å². The lowest BCUT2D eigenvalue weighted by atomic mass is 10.4. The molecule has 27 heavy (non-hydrogen) atoms. The van der Waals surface area contributed by atoms with Crippen molar-refractivity contribution in [1.82, 2.24) is 10.4 Å². The Balaban J connectivity index is 1.81. The number of amides is 3. The van der Waals surface area contributed by atoms with Crippen LogP contribution >= 0.6 is 0 Å². The molecule has 11 heteroatoms. The zero-order chi connectivity index (χ0) is 19.7. The lowest BCUT2D eigenvalue weighted by Crippen LogP contribution is -2.32. The maximum atomic E-state index is 11.5. The Bertz CT molecular complexity index is 457. The third-order valence-electron chi connectivity index (χ3n) is 3.24. The highest BCUT2D eigenvalue weighted by Crippen LogP contribution is 2.12. The lowest BCUT2D eigenvalue weighted by molar-refractivity contribution is -0.198. The first-order valence-electron chi connectivity index (χ1n) is 8.69. The minimum absolute atomic E-state index is 0.0651. The minimum Gasteiger partial charge on any atom is -0.378 e. The van der Waals surface area contributed by atoms with Gasteiger partial charge in [-0.2, -0.15) is 0 Å². The summed E-state index contributed by atoms with van der Waals surface area (Å²) in [6.45, 7) is 3.34. The maximum absolute atomic E-state index is 11.5. The van der Waals surface area contributed by atoms with Gasteiger partial charge in [0.25, 0.3) is 11.8 Å². The molecule has 1 aliphatic rings. The van der Waals surface area contributed by atoms with E-state index in [0.717, 1.165) is 0 Å². The molecule has 154 valence electrons. The molecule has 1 heterocycles. The van der Waals surface area contributed by atoms with E-state index in [4.69, 9.17) is 23.8 Å². The quantitative estimate of drug-likeness (QED) is 0.185. The molecule has 0 spiro atoms. The van der Waals surface area contributed by atoms with Crippen molar-refractivity contribution in [3.05, 3.63) is 0 Å². The molecule has 11 nitrogen and oxygen atoms in total. The number of hydroxylamine groups is 2. The summed E-state index contributed by atoms with van der Waals surface area (Å²) in [7, 11) is 0. The third-order valence-corrected chi connectivity index (χ3v) is 3.24. The Hall–Kier alpha value is -2.08. The molecular weight excluding hydrogens is 364 g/mol. The van der Waals surface area contributed by atoms with E-state index in [-0.39, 0.29) is 25.9 Å². The van der Waals surface area contributed by atoms with Crippen LogP contribution in [0.4, 0.5) is 0 Å². The fourth-order valence-electron chi connectivity index (χ4n) is 1.91. The van der Waals surface area contributed by atoms with Crippen LogP contribution in [-0.4, -0.2) is 88.7 Å². The van der Waals surface area contributed by atoms with E-state index in [0.29, 0.717) is 64.3 Å². The van der Waals surface area contributed by atoms with Gasteiger partial charge in [0, 0.05) is 19.4 Å². The summed E-state index contributed by atoms with van der Waals surface area (Å²) in [5.41, 5.74) is 0. The molecular formula is C16H26N2O9. The first-order chi connectivity index (χ1) is 13.1. The molecule has 1 fully saturated rings. The molecule has 0 bridgehead atoms. The standard InChI is InChI=1S/C16H26N2O9/c19-13-17-4-6-24-8-10-26-12-11-25-9-7-23-5-3-16(22)27-18-14(20)1-2-15(18)21/h13H,1-12H2,(H,17,19). The normalized spacial score (nSPS) is 13.9. The number of nitrogens with one attached hydrogen (secondary N) is 1. The molecule has 0 aromatic rings. The summed E-state index contributed by atoms with van der Waals surface area (Å²) < 4.78 is 21.0. The molecule has 1 rings (SSSR count). The number of nitrogens with zero attached hydrogens (tertiary/aromatic N) is 1. The van der Waals surface area contributed by atoms with Gasteiger partial charge in [0.05, 0.1) is 59.3 Å². The number of hydrogen-bond donors (Lipinski definition) is 1. The summed E-state index contributed by atoms with van der Waals surface area (Å²) in [5.74, 6) is -1.71. The predicted octanol–water partition coefficient (Wildman–Crippen LogP) is -1.20. The Morgan fingerprint density at radius 2 is 1.33 bits per heavy atom. The van der Waals surface area contributed by atoms with Crippen LogP contribution in [-0.2, 0) is 43.0 Å². The van der Waals surface area contributed by atoms with Gasteiger partial charge >= 0.3 is 5.97 Å². The Morgan fingerprint density at radius 3 is 1.85 bits per heavy atom. The molecule has 0 radical (unpaired) electrons. The molecule has 0 atom stereocenters. The summed E-state index contributed by atoms with van der Waals surface area (Å²) in [4.78, 5) is 48.7. The van der Waals surface area contributed by atoms with Gasteiger partial charge in [-0.15, -0.1) is 5.06 Å². The van der Waals surface area contributed by atoms with E-state index >= 15 is 0 Å². The van der Waals surface area contributed by atoms with Gasteiger partial charge in [-0.25, -0.2) is 4.79 Å². The fraction of sp³-hybridized carbons (Fsp3) is 0.750. The highest BCUT2D eigenvalue weighted by Gasteiger charge is 2.32. The Morgan fingerprint density at radius 1 is 0.852 bits per heavy atom. The molecule has 0 saturated carbocycles. The van der Waals surface area contributed by atoms with Crippen LogP contribution in [0.25, 0.3) is 0 Å². The average molecular weight is 390 g/mol. The Kier molecular flexibility index (Phi) is 12.8. The van der Waals surface area contributed by atoms with E-state index in [9.17, 15) is 19.2 Å². The zero-order valence-corrected chi connectivity index (χ0v) is 15.2. The van der Waals surface area contributed by atoms with Crippen molar-refractivity contribution in [2.24, 2.45) is 0 Å². The second-order valence-corrected chi connectivity index (χ2v) is 5.32. The molecule has 0 aromatic heterocycles. The topological polar surface area (TPSA) is 130 Å². The van der Waals surface area contributed by atoms with Gasteiger partial charge in [0.15, 0.2) is 0 Å².